The third-order valence-electron chi connectivity index (χ3n) is 6.90. The molecule has 0 unspecified atom stereocenters. The van der Waals surface area contributed by atoms with Crippen molar-refractivity contribution in [3.63, 3.8) is 0 Å². The van der Waals surface area contributed by atoms with Crippen LogP contribution in [-0.2, 0) is 9.59 Å². The molecule has 0 aromatic heterocycles. The average Bonchev–Trinajstić information content (AvgIpc) is 3.14. The summed E-state index contributed by atoms with van der Waals surface area (Å²) in [7, 11) is 0. The van der Waals surface area contributed by atoms with Gasteiger partial charge in [0.1, 0.15) is 12.1 Å². The SMILES string of the molecule is Cc1ccc(NC(=O)N[C@H]2C[C@H]3C(=O)N[C@@H](CC4CCCCC4)C(=O)N3C2)cc1C. The first kappa shape index (κ1) is 20.7. The number of hydrogen-bond acceptors (Lipinski definition) is 3. The molecule has 2 aliphatic heterocycles. The van der Waals surface area contributed by atoms with Gasteiger partial charge in [-0.2, -0.15) is 0 Å². The molecule has 4 rings (SSSR count). The van der Waals surface area contributed by atoms with Crippen LogP contribution in [0.3, 0.4) is 0 Å². The van der Waals surface area contributed by atoms with E-state index in [0.717, 1.165) is 30.5 Å². The molecule has 7 heteroatoms. The van der Waals surface area contributed by atoms with Crippen molar-refractivity contribution in [3.05, 3.63) is 29.3 Å². The van der Waals surface area contributed by atoms with Gasteiger partial charge >= 0.3 is 6.03 Å². The summed E-state index contributed by atoms with van der Waals surface area (Å²) in [4.78, 5) is 39.7. The highest BCUT2D eigenvalue weighted by Gasteiger charge is 2.47. The highest BCUT2D eigenvalue weighted by molar-refractivity contribution is 5.98. The Morgan fingerprint density at radius 1 is 1.13 bits per heavy atom. The normalized spacial score (nSPS) is 26.9. The highest BCUT2D eigenvalue weighted by Crippen LogP contribution is 2.30. The van der Waals surface area contributed by atoms with Crippen molar-refractivity contribution in [3.8, 4) is 0 Å². The number of urea groups is 1. The number of hydrogen-bond donors (Lipinski definition) is 3. The molecule has 0 radical (unpaired) electrons. The molecule has 162 valence electrons. The third kappa shape index (κ3) is 4.45. The molecule has 3 fully saturated rings. The van der Waals surface area contributed by atoms with Gasteiger partial charge in [-0.05, 0) is 55.9 Å². The Balaban J connectivity index is 1.33. The Morgan fingerprint density at radius 3 is 2.63 bits per heavy atom. The summed E-state index contributed by atoms with van der Waals surface area (Å²) in [6, 6.07) is 4.33. The number of aryl methyl sites for hydroxylation is 2. The van der Waals surface area contributed by atoms with Crippen molar-refractivity contribution in [2.24, 2.45) is 5.92 Å². The predicted molar refractivity (Wildman–Crippen MR) is 115 cm³/mol. The number of rotatable bonds is 4. The van der Waals surface area contributed by atoms with Gasteiger partial charge in [-0.15, -0.1) is 0 Å². The maximum atomic E-state index is 13.0. The monoisotopic (exact) mass is 412 g/mol. The van der Waals surface area contributed by atoms with Gasteiger partial charge in [0.25, 0.3) is 0 Å². The number of anilines is 1. The fraction of sp³-hybridized carbons (Fsp3) is 0.609. The fourth-order valence-electron chi connectivity index (χ4n) is 5.05. The number of carbonyl (C=O) groups excluding carboxylic acids is 3. The first-order chi connectivity index (χ1) is 14.4. The Hall–Kier alpha value is -2.57. The Bertz CT molecular complexity index is 834. The number of fused-ring (bicyclic) bond motifs is 1. The molecular formula is C23H32N4O3. The van der Waals surface area contributed by atoms with Crippen LogP contribution >= 0.6 is 0 Å². The average molecular weight is 413 g/mol. The van der Waals surface area contributed by atoms with Gasteiger partial charge in [-0.1, -0.05) is 38.2 Å². The molecule has 0 bridgehead atoms. The van der Waals surface area contributed by atoms with Gasteiger partial charge in [0.15, 0.2) is 0 Å². The number of nitrogens with zero attached hydrogens (tertiary/aromatic N) is 1. The molecule has 1 aliphatic carbocycles. The van der Waals surface area contributed by atoms with Crippen LogP contribution in [0.15, 0.2) is 18.2 Å². The Kier molecular flexibility index (Phi) is 5.97. The van der Waals surface area contributed by atoms with E-state index in [1.54, 1.807) is 4.90 Å². The molecule has 3 atom stereocenters. The summed E-state index contributed by atoms with van der Waals surface area (Å²) >= 11 is 0. The summed E-state index contributed by atoms with van der Waals surface area (Å²) in [5.74, 6) is 0.433. The van der Waals surface area contributed by atoms with Crippen LogP contribution in [-0.4, -0.2) is 47.4 Å². The smallest absolute Gasteiger partial charge is 0.319 e. The van der Waals surface area contributed by atoms with Crippen LogP contribution in [0.5, 0.6) is 0 Å². The van der Waals surface area contributed by atoms with E-state index >= 15 is 0 Å². The number of nitrogens with one attached hydrogen (secondary N) is 3. The minimum Gasteiger partial charge on any atom is -0.342 e. The van der Waals surface area contributed by atoms with E-state index in [4.69, 9.17) is 0 Å². The van der Waals surface area contributed by atoms with E-state index in [0.29, 0.717) is 18.9 Å². The lowest BCUT2D eigenvalue weighted by atomic mass is 9.84. The van der Waals surface area contributed by atoms with Gasteiger partial charge in [0, 0.05) is 12.2 Å². The lowest BCUT2D eigenvalue weighted by Gasteiger charge is -2.36. The molecule has 1 saturated carbocycles. The molecule has 0 spiro atoms. The zero-order chi connectivity index (χ0) is 21.3. The third-order valence-corrected chi connectivity index (χ3v) is 6.90. The second-order valence-corrected chi connectivity index (χ2v) is 9.14. The lowest BCUT2D eigenvalue weighted by Crippen LogP contribution is -2.61. The van der Waals surface area contributed by atoms with Gasteiger partial charge in [0.05, 0.1) is 6.04 Å². The van der Waals surface area contributed by atoms with Gasteiger partial charge in [0.2, 0.25) is 11.8 Å². The molecule has 2 heterocycles. The van der Waals surface area contributed by atoms with Crippen molar-refractivity contribution in [1.29, 1.82) is 0 Å². The molecule has 30 heavy (non-hydrogen) atoms. The van der Waals surface area contributed by atoms with E-state index in [1.807, 2.05) is 32.0 Å². The summed E-state index contributed by atoms with van der Waals surface area (Å²) in [6.45, 7) is 4.41. The quantitative estimate of drug-likeness (QED) is 0.710. The van der Waals surface area contributed by atoms with Crippen LogP contribution in [0, 0.1) is 19.8 Å². The number of benzene rings is 1. The van der Waals surface area contributed by atoms with E-state index in [1.165, 1.54) is 24.8 Å². The Morgan fingerprint density at radius 2 is 1.90 bits per heavy atom. The molecule has 3 aliphatic rings. The molecule has 2 saturated heterocycles. The van der Waals surface area contributed by atoms with E-state index < -0.39 is 12.1 Å². The van der Waals surface area contributed by atoms with Crippen molar-refractivity contribution in [1.82, 2.24) is 15.5 Å². The van der Waals surface area contributed by atoms with Crippen LogP contribution in [0.1, 0.15) is 56.1 Å². The van der Waals surface area contributed by atoms with E-state index in [9.17, 15) is 14.4 Å². The van der Waals surface area contributed by atoms with Gasteiger partial charge in [-0.3, -0.25) is 9.59 Å². The van der Waals surface area contributed by atoms with Gasteiger partial charge < -0.3 is 20.9 Å². The van der Waals surface area contributed by atoms with Crippen molar-refractivity contribution < 1.29 is 14.4 Å². The topological polar surface area (TPSA) is 90.5 Å². The second kappa shape index (κ2) is 8.66. The van der Waals surface area contributed by atoms with Crippen LogP contribution < -0.4 is 16.0 Å². The highest BCUT2D eigenvalue weighted by atomic mass is 16.2. The largest absolute Gasteiger partial charge is 0.342 e. The minimum absolute atomic E-state index is 0.00374. The van der Waals surface area contributed by atoms with Crippen molar-refractivity contribution in [2.75, 3.05) is 11.9 Å². The summed E-state index contributed by atoms with van der Waals surface area (Å²) in [6.07, 6.45) is 7.18. The molecule has 7 nitrogen and oxygen atoms in total. The minimum atomic E-state index is -0.480. The second-order valence-electron chi connectivity index (χ2n) is 9.14. The van der Waals surface area contributed by atoms with Gasteiger partial charge in [-0.25, -0.2) is 4.79 Å². The molecular weight excluding hydrogens is 380 g/mol. The van der Waals surface area contributed by atoms with Crippen LogP contribution in [0.4, 0.5) is 10.5 Å². The molecule has 4 amide bonds. The number of carbonyl (C=O) groups is 3. The number of piperazine rings is 1. The molecule has 1 aromatic carbocycles. The zero-order valence-corrected chi connectivity index (χ0v) is 17.9. The van der Waals surface area contributed by atoms with E-state index in [2.05, 4.69) is 16.0 Å². The lowest BCUT2D eigenvalue weighted by molar-refractivity contribution is -0.147. The maximum Gasteiger partial charge on any atom is 0.319 e. The summed E-state index contributed by atoms with van der Waals surface area (Å²) in [5.41, 5.74) is 3.01. The summed E-state index contributed by atoms with van der Waals surface area (Å²) < 4.78 is 0. The fourth-order valence-corrected chi connectivity index (χ4v) is 5.05. The zero-order valence-electron chi connectivity index (χ0n) is 17.9. The summed E-state index contributed by atoms with van der Waals surface area (Å²) in [5, 5.41) is 8.73. The standard InChI is InChI=1S/C23H32N4O3/c1-14-8-9-17(10-15(14)2)24-23(30)25-18-12-20-21(28)26-19(22(29)27(20)13-18)11-16-6-4-3-5-7-16/h8-10,16,18-20H,3-7,11-13H2,1-2H3,(H,26,28)(H2,24,25,30)/t18-,19-,20-/m0/s1. The first-order valence-corrected chi connectivity index (χ1v) is 11.2. The molecule has 3 N–H and O–H groups in total. The van der Waals surface area contributed by atoms with E-state index in [-0.39, 0.29) is 23.9 Å². The first-order valence-electron chi connectivity index (χ1n) is 11.2. The molecule has 1 aromatic rings. The van der Waals surface area contributed by atoms with Crippen LogP contribution in [0.25, 0.3) is 0 Å². The van der Waals surface area contributed by atoms with Crippen molar-refractivity contribution >= 4 is 23.5 Å². The maximum absolute atomic E-state index is 13.0. The van der Waals surface area contributed by atoms with Crippen molar-refractivity contribution in [2.45, 2.75) is 76.9 Å². The predicted octanol–water partition coefficient (Wildman–Crippen LogP) is 2.86. The number of amides is 4. The van der Waals surface area contributed by atoms with Crippen LogP contribution in [0.2, 0.25) is 0 Å². The Labute approximate surface area is 178 Å².